The van der Waals surface area contributed by atoms with Crippen LogP contribution >= 0.6 is 0 Å². The molecule has 3 N–H and O–H groups in total. The second kappa shape index (κ2) is 10.9. The number of unbranched alkanes of at least 4 members (excludes halogenated alkanes) is 3. The molecule has 0 unspecified atom stereocenters. The third kappa shape index (κ3) is 6.93. The molecule has 4 nitrogen and oxygen atoms in total. The number of carbonyl (C=O) groups is 1. The third-order valence-electron chi connectivity index (χ3n) is 4.19. The van der Waals surface area contributed by atoms with E-state index in [2.05, 4.69) is 43.1 Å². The Bertz CT molecular complexity index is 470. The number of rotatable bonds is 11. The summed E-state index contributed by atoms with van der Waals surface area (Å²) in [4.78, 5) is 14.1. The van der Waals surface area contributed by atoms with E-state index in [4.69, 9.17) is 5.73 Å². The fraction of sp³-hybridized carbons (Fsp3) is 0.632. The lowest BCUT2D eigenvalue weighted by atomic mass is 10.1. The zero-order valence-corrected chi connectivity index (χ0v) is 15.0. The molecular weight excluding hydrogens is 286 g/mol. The van der Waals surface area contributed by atoms with Crippen LogP contribution < -0.4 is 16.0 Å². The number of amides is 1. The lowest BCUT2D eigenvalue weighted by Gasteiger charge is -2.23. The number of hydrogen-bond acceptors (Lipinski definition) is 3. The fourth-order valence-electron chi connectivity index (χ4n) is 2.74. The van der Waals surface area contributed by atoms with Gasteiger partial charge in [-0.1, -0.05) is 32.3 Å². The molecule has 1 aromatic rings. The summed E-state index contributed by atoms with van der Waals surface area (Å²) in [5.74, 6) is 0.132. The van der Waals surface area contributed by atoms with Crippen LogP contribution in [0.1, 0.15) is 58.4 Å². The van der Waals surface area contributed by atoms with Gasteiger partial charge in [0, 0.05) is 26.1 Å². The largest absolute Gasteiger partial charge is 0.397 e. The highest BCUT2D eigenvalue weighted by atomic mass is 16.1. The van der Waals surface area contributed by atoms with Gasteiger partial charge in [-0.3, -0.25) is 4.79 Å². The number of nitrogens with zero attached hydrogens (tertiary/aromatic N) is 1. The average molecular weight is 319 g/mol. The minimum Gasteiger partial charge on any atom is -0.397 e. The zero-order valence-electron chi connectivity index (χ0n) is 15.0. The maximum Gasteiger partial charge on any atom is 0.220 e. The number of nitrogens with two attached hydrogens (primary N) is 1. The Kier molecular flexibility index (Phi) is 9.18. The lowest BCUT2D eigenvalue weighted by molar-refractivity contribution is -0.121. The van der Waals surface area contributed by atoms with Gasteiger partial charge < -0.3 is 16.0 Å². The van der Waals surface area contributed by atoms with Crippen LogP contribution in [0.25, 0.3) is 0 Å². The van der Waals surface area contributed by atoms with E-state index in [1.807, 2.05) is 6.07 Å². The van der Waals surface area contributed by atoms with Gasteiger partial charge in [0.1, 0.15) is 0 Å². The van der Waals surface area contributed by atoms with Gasteiger partial charge in [-0.15, -0.1) is 0 Å². The quantitative estimate of drug-likeness (QED) is 0.482. The maximum absolute atomic E-state index is 11.9. The van der Waals surface area contributed by atoms with Crippen molar-refractivity contribution >= 4 is 17.3 Å². The van der Waals surface area contributed by atoms with E-state index >= 15 is 0 Å². The van der Waals surface area contributed by atoms with Crippen molar-refractivity contribution in [3.8, 4) is 0 Å². The minimum atomic E-state index is 0.132. The molecule has 0 bridgehead atoms. The van der Waals surface area contributed by atoms with E-state index in [1.54, 1.807) is 0 Å². The summed E-state index contributed by atoms with van der Waals surface area (Å²) in [6, 6.07) is 6.15. The van der Waals surface area contributed by atoms with Crippen molar-refractivity contribution in [2.24, 2.45) is 0 Å². The van der Waals surface area contributed by atoms with Crippen LogP contribution in [-0.4, -0.2) is 25.5 Å². The van der Waals surface area contributed by atoms with Crippen LogP contribution in [0.5, 0.6) is 0 Å². The molecule has 130 valence electrons. The first-order valence-corrected chi connectivity index (χ1v) is 9.02. The second-order valence-corrected chi connectivity index (χ2v) is 5.98. The molecule has 1 rings (SSSR count). The van der Waals surface area contributed by atoms with E-state index in [9.17, 15) is 4.79 Å². The van der Waals surface area contributed by atoms with E-state index in [1.165, 1.54) is 19.3 Å². The second-order valence-electron chi connectivity index (χ2n) is 5.98. The number of hydrogen-bond donors (Lipinski definition) is 2. The number of benzene rings is 1. The fourth-order valence-corrected chi connectivity index (χ4v) is 2.74. The molecule has 1 amide bonds. The van der Waals surface area contributed by atoms with Crippen LogP contribution in [0.3, 0.4) is 0 Å². The number of nitrogens with one attached hydrogen (secondary N) is 1. The summed E-state index contributed by atoms with van der Waals surface area (Å²) in [6.07, 6.45) is 6.00. The van der Waals surface area contributed by atoms with Gasteiger partial charge in [-0.05, 0) is 44.4 Å². The number of carbonyl (C=O) groups excluding carboxylic acids is 1. The Balaban J connectivity index is 2.40. The van der Waals surface area contributed by atoms with Crippen LogP contribution in [0.4, 0.5) is 11.4 Å². The highest BCUT2D eigenvalue weighted by Crippen LogP contribution is 2.24. The summed E-state index contributed by atoms with van der Waals surface area (Å²) in [5, 5.41) is 3.00. The Morgan fingerprint density at radius 1 is 1.13 bits per heavy atom. The molecule has 0 aliphatic carbocycles. The predicted octanol–water partition coefficient (Wildman–Crippen LogP) is 3.74. The Morgan fingerprint density at radius 2 is 1.87 bits per heavy atom. The molecule has 4 heteroatoms. The van der Waals surface area contributed by atoms with Gasteiger partial charge in [-0.25, -0.2) is 0 Å². The number of anilines is 2. The molecule has 0 fully saturated rings. The molecule has 0 aliphatic rings. The van der Waals surface area contributed by atoms with Crippen molar-refractivity contribution < 1.29 is 4.79 Å². The van der Waals surface area contributed by atoms with E-state index in [-0.39, 0.29) is 5.91 Å². The van der Waals surface area contributed by atoms with Gasteiger partial charge >= 0.3 is 0 Å². The van der Waals surface area contributed by atoms with Gasteiger partial charge in [-0.2, -0.15) is 0 Å². The van der Waals surface area contributed by atoms with Crippen LogP contribution in [0.15, 0.2) is 18.2 Å². The molecule has 0 saturated carbocycles. The van der Waals surface area contributed by atoms with Crippen molar-refractivity contribution in [3.63, 3.8) is 0 Å². The Hall–Kier alpha value is -1.71. The predicted molar refractivity (Wildman–Crippen MR) is 99.9 cm³/mol. The van der Waals surface area contributed by atoms with Gasteiger partial charge in [0.05, 0.1) is 11.4 Å². The normalized spacial score (nSPS) is 10.6. The van der Waals surface area contributed by atoms with Crippen molar-refractivity contribution in [2.75, 3.05) is 30.3 Å². The summed E-state index contributed by atoms with van der Waals surface area (Å²) < 4.78 is 0. The SMILES string of the molecule is CCCCCCNC(=O)CCc1ccc(N(CC)CC)c(N)c1. The first-order valence-electron chi connectivity index (χ1n) is 9.02. The smallest absolute Gasteiger partial charge is 0.220 e. The molecule has 1 aromatic carbocycles. The van der Waals surface area contributed by atoms with Crippen molar-refractivity contribution in [3.05, 3.63) is 23.8 Å². The van der Waals surface area contributed by atoms with Gasteiger partial charge in [0.15, 0.2) is 0 Å². The standard InChI is InChI=1S/C19H33N3O/c1-4-7-8-9-14-21-19(23)13-11-16-10-12-18(17(20)15-16)22(5-2)6-3/h10,12,15H,4-9,11,13-14,20H2,1-3H3,(H,21,23). The summed E-state index contributed by atoms with van der Waals surface area (Å²) in [6.45, 7) is 9.13. The van der Waals surface area contributed by atoms with Crippen LogP contribution in [0, 0.1) is 0 Å². The molecule has 0 aromatic heterocycles. The molecule has 0 atom stereocenters. The summed E-state index contributed by atoms with van der Waals surface area (Å²) in [7, 11) is 0. The number of nitrogen functional groups attached to an aromatic ring is 1. The Labute approximate surface area is 141 Å². The molecule has 0 spiro atoms. The van der Waals surface area contributed by atoms with E-state index in [0.29, 0.717) is 6.42 Å². The first-order chi connectivity index (χ1) is 11.1. The molecule has 0 radical (unpaired) electrons. The van der Waals surface area contributed by atoms with Crippen molar-refractivity contribution in [1.82, 2.24) is 5.32 Å². The Morgan fingerprint density at radius 3 is 2.48 bits per heavy atom. The van der Waals surface area contributed by atoms with Crippen LogP contribution in [0.2, 0.25) is 0 Å². The molecular formula is C19H33N3O. The highest BCUT2D eigenvalue weighted by molar-refractivity contribution is 5.76. The van der Waals surface area contributed by atoms with Crippen molar-refractivity contribution in [1.29, 1.82) is 0 Å². The lowest BCUT2D eigenvalue weighted by Crippen LogP contribution is -2.24. The molecule has 0 heterocycles. The highest BCUT2D eigenvalue weighted by Gasteiger charge is 2.08. The van der Waals surface area contributed by atoms with Crippen molar-refractivity contribution in [2.45, 2.75) is 59.3 Å². The minimum absolute atomic E-state index is 0.132. The molecule has 0 saturated heterocycles. The summed E-state index contributed by atoms with van der Waals surface area (Å²) in [5.41, 5.74) is 9.17. The first kappa shape index (κ1) is 19.3. The van der Waals surface area contributed by atoms with Gasteiger partial charge in [0.25, 0.3) is 0 Å². The molecule has 23 heavy (non-hydrogen) atoms. The average Bonchev–Trinajstić information content (AvgIpc) is 2.55. The van der Waals surface area contributed by atoms with Gasteiger partial charge in [0.2, 0.25) is 5.91 Å². The monoisotopic (exact) mass is 319 g/mol. The van der Waals surface area contributed by atoms with Crippen LogP contribution in [-0.2, 0) is 11.2 Å². The number of aryl methyl sites for hydroxylation is 1. The summed E-state index contributed by atoms with van der Waals surface area (Å²) >= 11 is 0. The van der Waals surface area contributed by atoms with E-state index < -0.39 is 0 Å². The third-order valence-corrected chi connectivity index (χ3v) is 4.19. The maximum atomic E-state index is 11.9. The topological polar surface area (TPSA) is 58.4 Å². The molecule has 0 aliphatic heterocycles. The van der Waals surface area contributed by atoms with E-state index in [0.717, 1.165) is 49.4 Å². The zero-order chi connectivity index (χ0) is 17.1.